The molecule has 0 radical (unpaired) electrons. The van der Waals surface area contributed by atoms with Crippen LogP contribution in [0.15, 0.2) is 88.5 Å². The molecule has 4 aromatic rings. The van der Waals surface area contributed by atoms with Gasteiger partial charge in [-0.05, 0) is 54.1 Å². The minimum atomic E-state index is -1.09. The fourth-order valence-electron chi connectivity index (χ4n) is 4.47. The van der Waals surface area contributed by atoms with Crippen molar-refractivity contribution >= 4 is 34.3 Å². The zero-order chi connectivity index (χ0) is 27.0. The van der Waals surface area contributed by atoms with Gasteiger partial charge in [0.15, 0.2) is 22.9 Å². The van der Waals surface area contributed by atoms with Gasteiger partial charge in [-0.1, -0.05) is 24.3 Å². The lowest BCUT2D eigenvalue weighted by Gasteiger charge is -2.27. The van der Waals surface area contributed by atoms with E-state index in [0.717, 1.165) is 0 Å². The second-order valence-electron chi connectivity index (χ2n) is 8.48. The first-order valence-corrected chi connectivity index (χ1v) is 11.5. The number of methoxy groups -OCH3 is 1. The summed E-state index contributed by atoms with van der Waals surface area (Å²) in [5.41, 5.74) is 1.26. The largest absolute Gasteiger partial charge is 0.503 e. The third kappa shape index (κ3) is 4.14. The summed E-state index contributed by atoms with van der Waals surface area (Å²) in [6.45, 7) is 1.26. The number of benzene rings is 3. The highest BCUT2D eigenvalue weighted by atomic mass is 16.5. The van der Waals surface area contributed by atoms with E-state index in [4.69, 9.17) is 13.9 Å². The summed E-state index contributed by atoms with van der Waals surface area (Å²) in [6.07, 6.45) is 0. The topological polar surface area (TPSA) is 130 Å². The lowest BCUT2D eigenvalue weighted by Crippen LogP contribution is -2.31. The molecule has 188 valence electrons. The first-order chi connectivity index (χ1) is 18.3. The van der Waals surface area contributed by atoms with Gasteiger partial charge in [0.1, 0.15) is 5.75 Å². The van der Waals surface area contributed by atoms with Crippen LogP contribution in [0.4, 0.5) is 5.69 Å². The number of Topliss-reactive ketones (excluding diaryl/α,β-unsaturated/α-hetero) is 1. The molecule has 1 aliphatic rings. The predicted octanol–water partition coefficient (Wildman–Crippen LogP) is 5.02. The van der Waals surface area contributed by atoms with Crippen LogP contribution in [0.5, 0.6) is 11.5 Å². The highest BCUT2D eigenvalue weighted by Crippen LogP contribution is 2.43. The van der Waals surface area contributed by atoms with Crippen molar-refractivity contribution in [1.29, 1.82) is 5.26 Å². The second kappa shape index (κ2) is 9.59. The van der Waals surface area contributed by atoms with E-state index in [1.54, 1.807) is 48.5 Å². The van der Waals surface area contributed by atoms with Crippen LogP contribution >= 0.6 is 0 Å². The van der Waals surface area contributed by atoms with Crippen LogP contribution in [0.1, 0.15) is 34.6 Å². The Kier molecular flexibility index (Phi) is 6.15. The fourth-order valence-corrected chi connectivity index (χ4v) is 4.47. The predicted molar refractivity (Wildman–Crippen MR) is 136 cm³/mol. The van der Waals surface area contributed by atoms with Gasteiger partial charge < -0.3 is 19.0 Å². The van der Waals surface area contributed by atoms with Gasteiger partial charge in [0.2, 0.25) is 5.78 Å². The van der Waals surface area contributed by atoms with Crippen molar-refractivity contribution in [3.8, 4) is 17.6 Å². The normalized spacial score (nSPS) is 15.0. The highest BCUT2D eigenvalue weighted by molar-refractivity contribution is 6.20. The molecule has 0 saturated heterocycles. The Morgan fingerprint density at radius 2 is 1.79 bits per heavy atom. The van der Waals surface area contributed by atoms with E-state index in [-0.39, 0.29) is 17.1 Å². The Balaban J connectivity index is 1.66. The van der Waals surface area contributed by atoms with E-state index in [9.17, 15) is 24.8 Å². The Labute approximate surface area is 216 Å². The molecule has 5 rings (SSSR count). The Morgan fingerprint density at radius 3 is 2.47 bits per heavy atom. The number of carbonyl (C=O) groups excluding carboxylic acids is 3. The van der Waals surface area contributed by atoms with Crippen molar-refractivity contribution in [1.82, 2.24) is 0 Å². The summed E-state index contributed by atoms with van der Waals surface area (Å²) >= 11 is 0. The quantitative estimate of drug-likeness (QED) is 0.218. The monoisotopic (exact) mass is 508 g/mol. The van der Waals surface area contributed by atoms with Crippen LogP contribution in [-0.2, 0) is 9.59 Å². The molecule has 1 aromatic heterocycles. The van der Waals surface area contributed by atoms with Gasteiger partial charge in [-0.15, -0.1) is 0 Å². The molecule has 9 nitrogen and oxygen atoms in total. The molecule has 1 amide bonds. The maximum atomic E-state index is 13.8. The number of esters is 1. The zero-order valence-corrected chi connectivity index (χ0v) is 20.3. The number of ether oxygens (including phenoxy) is 2. The first-order valence-electron chi connectivity index (χ1n) is 11.5. The molecular formula is C29H20N2O7. The van der Waals surface area contributed by atoms with Crippen molar-refractivity contribution in [2.24, 2.45) is 0 Å². The standard InChI is InChI=1S/C29H20N2O7/c1-16(32)37-21-7-3-5-18(13-21)25-24(26(33)23-14-19-6-4-8-22(36-2)28(19)38-23)27(34)29(35)31(25)20-11-9-17(15-30)10-12-20/h3-14,25,34H,1-2H3. The summed E-state index contributed by atoms with van der Waals surface area (Å²) in [6, 6.07) is 20.1. The van der Waals surface area contributed by atoms with E-state index in [1.165, 1.54) is 43.2 Å². The number of furan rings is 1. The Hall–Kier alpha value is -5.36. The van der Waals surface area contributed by atoms with E-state index in [1.807, 2.05) is 6.07 Å². The first kappa shape index (κ1) is 24.3. The lowest BCUT2D eigenvalue weighted by molar-refractivity contribution is -0.131. The molecule has 2 heterocycles. The Bertz CT molecular complexity index is 1680. The molecular weight excluding hydrogens is 488 g/mol. The summed E-state index contributed by atoms with van der Waals surface area (Å²) in [7, 11) is 1.48. The third-order valence-electron chi connectivity index (χ3n) is 6.11. The fraction of sp³-hybridized carbons (Fsp3) is 0.103. The van der Waals surface area contributed by atoms with Crippen LogP contribution in [0.3, 0.4) is 0 Å². The lowest BCUT2D eigenvalue weighted by atomic mass is 9.94. The molecule has 1 aliphatic heterocycles. The zero-order valence-electron chi connectivity index (χ0n) is 20.3. The van der Waals surface area contributed by atoms with Gasteiger partial charge in [0.25, 0.3) is 5.91 Å². The number of fused-ring (bicyclic) bond motifs is 1. The summed E-state index contributed by atoms with van der Waals surface area (Å²) in [4.78, 5) is 40.0. The molecule has 0 bridgehead atoms. The number of nitrogens with zero attached hydrogens (tertiary/aromatic N) is 2. The molecule has 1 unspecified atom stereocenters. The van der Waals surface area contributed by atoms with Crippen LogP contribution in [0.25, 0.3) is 11.0 Å². The molecule has 0 aliphatic carbocycles. The van der Waals surface area contributed by atoms with E-state index in [0.29, 0.717) is 33.5 Å². The second-order valence-corrected chi connectivity index (χ2v) is 8.48. The third-order valence-corrected chi connectivity index (χ3v) is 6.11. The van der Waals surface area contributed by atoms with Crippen LogP contribution in [-0.4, -0.2) is 29.9 Å². The summed E-state index contributed by atoms with van der Waals surface area (Å²) < 4.78 is 16.4. The van der Waals surface area contributed by atoms with Gasteiger partial charge in [-0.3, -0.25) is 19.3 Å². The Morgan fingerprint density at radius 1 is 1.05 bits per heavy atom. The molecule has 0 saturated carbocycles. The average Bonchev–Trinajstić information content (AvgIpc) is 3.47. The van der Waals surface area contributed by atoms with Crippen molar-refractivity contribution in [2.75, 3.05) is 12.0 Å². The molecule has 0 fully saturated rings. The number of anilines is 1. The molecule has 1 N–H and O–H groups in total. The number of para-hydroxylation sites is 1. The smallest absolute Gasteiger partial charge is 0.308 e. The summed E-state index contributed by atoms with van der Waals surface area (Å²) in [5, 5.41) is 20.8. The van der Waals surface area contributed by atoms with Gasteiger partial charge in [0.05, 0.1) is 30.4 Å². The molecule has 0 spiro atoms. The van der Waals surface area contributed by atoms with Gasteiger partial charge in [-0.25, -0.2) is 0 Å². The molecule has 1 atom stereocenters. The van der Waals surface area contributed by atoms with Crippen molar-refractivity contribution in [3.63, 3.8) is 0 Å². The number of nitriles is 1. The maximum absolute atomic E-state index is 13.8. The highest BCUT2D eigenvalue weighted by Gasteiger charge is 2.45. The number of aliphatic hydroxyl groups is 1. The van der Waals surface area contributed by atoms with Crippen LogP contribution in [0.2, 0.25) is 0 Å². The maximum Gasteiger partial charge on any atom is 0.308 e. The number of ketones is 1. The molecule has 9 heteroatoms. The number of carbonyl (C=O) groups is 3. The number of amides is 1. The van der Waals surface area contributed by atoms with E-state index >= 15 is 0 Å². The van der Waals surface area contributed by atoms with Crippen molar-refractivity contribution in [2.45, 2.75) is 13.0 Å². The minimum Gasteiger partial charge on any atom is -0.503 e. The van der Waals surface area contributed by atoms with E-state index < -0.39 is 29.5 Å². The van der Waals surface area contributed by atoms with Crippen LogP contribution < -0.4 is 14.4 Å². The molecule has 38 heavy (non-hydrogen) atoms. The average molecular weight is 508 g/mol. The van der Waals surface area contributed by atoms with Gasteiger partial charge >= 0.3 is 5.97 Å². The van der Waals surface area contributed by atoms with Crippen molar-refractivity contribution in [3.05, 3.63) is 101 Å². The minimum absolute atomic E-state index is 0.0957. The SMILES string of the molecule is COc1cccc2cc(C(=O)C3=C(O)C(=O)N(c4ccc(C#N)cc4)C3c3cccc(OC(C)=O)c3)oc12. The summed E-state index contributed by atoms with van der Waals surface area (Å²) in [5.74, 6) is -2.26. The number of aliphatic hydroxyl groups excluding tert-OH is 1. The molecule has 3 aromatic carbocycles. The van der Waals surface area contributed by atoms with Gasteiger partial charge in [-0.2, -0.15) is 5.26 Å². The van der Waals surface area contributed by atoms with Crippen LogP contribution in [0, 0.1) is 11.3 Å². The van der Waals surface area contributed by atoms with E-state index in [2.05, 4.69) is 0 Å². The number of hydrogen-bond donors (Lipinski definition) is 1. The van der Waals surface area contributed by atoms with Gasteiger partial charge in [0, 0.05) is 18.0 Å². The number of hydrogen-bond acceptors (Lipinski definition) is 8. The van der Waals surface area contributed by atoms with Crippen molar-refractivity contribution < 1.29 is 33.4 Å². The number of rotatable bonds is 6.